The molecule has 110 valence electrons. The highest BCUT2D eigenvalue weighted by molar-refractivity contribution is 7.89. The Hall–Kier alpha value is -0.630. The Kier molecular flexibility index (Phi) is 5.00. The van der Waals surface area contributed by atoms with Gasteiger partial charge in [-0.05, 0) is 32.6 Å². The van der Waals surface area contributed by atoms with Crippen LogP contribution in [0.25, 0.3) is 0 Å². The fourth-order valence-electron chi connectivity index (χ4n) is 2.24. The van der Waals surface area contributed by atoms with Crippen molar-refractivity contribution in [3.63, 3.8) is 0 Å². The Bertz CT molecular complexity index is 551. The van der Waals surface area contributed by atoms with Crippen LogP contribution >= 0.6 is 12.4 Å². The summed E-state index contributed by atoms with van der Waals surface area (Å²) < 4.78 is 29.0. The molecule has 1 aliphatic carbocycles. The highest BCUT2D eigenvalue weighted by Gasteiger charge is 2.35. The molecule has 0 bridgehead atoms. The van der Waals surface area contributed by atoms with Crippen molar-refractivity contribution in [1.29, 1.82) is 0 Å². The highest BCUT2D eigenvalue weighted by atomic mass is 35.5. The molecule has 6 nitrogen and oxygen atoms in total. The molecule has 0 radical (unpaired) electrons. The average molecular weight is 309 g/mol. The van der Waals surface area contributed by atoms with Crippen molar-refractivity contribution in [3.05, 3.63) is 11.4 Å². The number of nitrogens with one attached hydrogen (secondary N) is 1. The molecule has 0 aromatic carbocycles. The number of nitrogens with two attached hydrogens (primary N) is 1. The predicted octanol–water partition coefficient (Wildman–Crippen LogP) is 0.474. The van der Waals surface area contributed by atoms with E-state index in [0.717, 1.165) is 12.8 Å². The van der Waals surface area contributed by atoms with Gasteiger partial charge in [0.2, 0.25) is 10.0 Å². The van der Waals surface area contributed by atoms with E-state index in [1.165, 1.54) is 0 Å². The van der Waals surface area contributed by atoms with Gasteiger partial charge < -0.3 is 5.73 Å². The van der Waals surface area contributed by atoms with Crippen molar-refractivity contribution in [3.8, 4) is 0 Å². The van der Waals surface area contributed by atoms with E-state index < -0.39 is 10.0 Å². The standard InChI is InChI=1S/C11H20N4O2S.ClH/c1-7-11(8(2)15(3)13-7)18(16,17)14-10(6-12)9-4-5-9;/h9-10,14H,4-6,12H2,1-3H3;1H. The number of aromatic nitrogens is 2. The fourth-order valence-corrected chi connectivity index (χ4v) is 3.99. The van der Waals surface area contributed by atoms with Crippen LogP contribution in [-0.4, -0.2) is 30.8 Å². The highest BCUT2D eigenvalue weighted by Crippen LogP contribution is 2.33. The molecule has 0 amide bonds. The van der Waals surface area contributed by atoms with Gasteiger partial charge in [-0.25, -0.2) is 13.1 Å². The van der Waals surface area contributed by atoms with Crippen LogP contribution in [0.1, 0.15) is 24.2 Å². The van der Waals surface area contributed by atoms with E-state index in [1.807, 2.05) is 0 Å². The van der Waals surface area contributed by atoms with Crippen molar-refractivity contribution in [2.75, 3.05) is 6.54 Å². The smallest absolute Gasteiger partial charge is 0.244 e. The molecule has 1 aromatic rings. The van der Waals surface area contributed by atoms with Gasteiger partial charge in [0.05, 0.1) is 11.4 Å². The molecule has 1 unspecified atom stereocenters. The van der Waals surface area contributed by atoms with Gasteiger partial charge in [-0.15, -0.1) is 12.4 Å². The molecule has 1 heterocycles. The van der Waals surface area contributed by atoms with E-state index in [-0.39, 0.29) is 23.3 Å². The summed E-state index contributed by atoms with van der Waals surface area (Å²) in [6.07, 6.45) is 2.10. The fraction of sp³-hybridized carbons (Fsp3) is 0.727. The summed E-state index contributed by atoms with van der Waals surface area (Å²) in [5.41, 5.74) is 6.80. The van der Waals surface area contributed by atoms with Gasteiger partial charge in [0, 0.05) is 19.6 Å². The molecular formula is C11H21ClN4O2S. The molecule has 1 atom stereocenters. The van der Waals surface area contributed by atoms with Crippen molar-refractivity contribution in [2.24, 2.45) is 18.7 Å². The zero-order valence-electron chi connectivity index (χ0n) is 11.4. The molecule has 2 rings (SSSR count). The Morgan fingerprint density at radius 1 is 1.47 bits per heavy atom. The zero-order valence-corrected chi connectivity index (χ0v) is 13.0. The zero-order chi connectivity index (χ0) is 13.5. The molecule has 0 aliphatic heterocycles. The number of nitrogens with zero attached hydrogens (tertiary/aromatic N) is 2. The summed E-state index contributed by atoms with van der Waals surface area (Å²) in [5, 5.41) is 4.14. The van der Waals surface area contributed by atoms with E-state index in [9.17, 15) is 8.42 Å². The Morgan fingerprint density at radius 2 is 2.05 bits per heavy atom. The summed E-state index contributed by atoms with van der Waals surface area (Å²) in [4.78, 5) is 0.282. The molecular weight excluding hydrogens is 288 g/mol. The summed E-state index contributed by atoms with van der Waals surface area (Å²) in [6.45, 7) is 3.79. The van der Waals surface area contributed by atoms with Crippen molar-refractivity contribution in [1.82, 2.24) is 14.5 Å². The first-order valence-electron chi connectivity index (χ1n) is 6.09. The first-order chi connectivity index (χ1) is 8.36. The summed E-state index contributed by atoms with van der Waals surface area (Å²) >= 11 is 0. The number of aryl methyl sites for hydroxylation is 2. The lowest BCUT2D eigenvalue weighted by Crippen LogP contribution is -2.41. The molecule has 1 aromatic heterocycles. The van der Waals surface area contributed by atoms with E-state index in [1.54, 1.807) is 25.6 Å². The number of sulfonamides is 1. The van der Waals surface area contributed by atoms with Crippen molar-refractivity contribution in [2.45, 2.75) is 37.6 Å². The van der Waals surface area contributed by atoms with Crippen molar-refractivity contribution < 1.29 is 8.42 Å². The molecule has 3 N–H and O–H groups in total. The number of halogens is 1. The number of rotatable bonds is 5. The molecule has 1 fully saturated rings. The maximum absolute atomic E-state index is 12.4. The van der Waals surface area contributed by atoms with E-state index in [2.05, 4.69) is 9.82 Å². The van der Waals surface area contributed by atoms with Gasteiger partial charge in [-0.1, -0.05) is 0 Å². The largest absolute Gasteiger partial charge is 0.329 e. The Balaban J connectivity index is 0.00000180. The molecule has 0 spiro atoms. The number of hydrogen-bond acceptors (Lipinski definition) is 4. The minimum Gasteiger partial charge on any atom is -0.329 e. The first kappa shape index (κ1) is 16.4. The van der Waals surface area contributed by atoms with Crippen molar-refractivity contribution >= 4 is 22.4 Å². The lowest BCUT2D eigenvalue weighted by Gasteiger charge is -2.16. The molecule has 1 aliphatic rings. The van der Waals surface area contributed by atoms with Crippen LogP contribution in [0.15, 0.2) is 4.90 Å². The van der Waals surface area contributed by atoms with Crippen LogP contribution in [0.3, 0.4) is 0 Å². The molecule has 1 saturated carbocycles. The topological polar surface area (TPSA) is 90.0 Å². The SMILES string of the molecule is Cc1nn(C)c(C)c1S(=O)(=O)NC(CN)C1CC1.Cl. The Morgan fingerprint density at radius 3 is 2.42 bits per heavy atom. The first-order valence-corrected chi connectivity index (χ1v) is 7.57. The van der Waals surface area contributed by atoms with E-state index in [4.69, 9.17) is 5.73 Å². The van der Waals surface area contributed by atoms with Crippen LogP contribution in [0.4, 0.5) is 0 Å². The van der Waals surface area contributed by atoms with Crippen LogP contribution in [0, 0.1) is 19.8 Å². The van der Waals surface area contributed by atoms with Gasteiger partial charge in [-0.2, -0.15) is 5.10 Å². The van der Waals surface area contributed by atoms with E-state index in [0.29, 0.717) is 23.9 Å². The molecule has 0 saturated heterocycles. The summed E-state index contributed by atoms with van der Waals surface area (Å²) in [7, 11) is -1.79. The molecule has 8 heteroatoms. The maximum atomic E-state index is 12.4. The van der Waals surface area contributed by atoms with Gasteiger partial charge in [0.1, 0.15) is 4.90 Å². The third-order valence-electron chi connectivity index (χ3n) is 3.46. The van der Waals surface area contributed by atoms with Gasteiger partial charge in [0.15, 0.2) is 0 Å². The van der Waals surface area contributed by atoms with Crippen LogP contribution in [0.5, 0.6) is 0 Å². The monoisotopic (exact) mass is 308 g/mol. The third-order valence-corrected chi connectivity index (χ3v) is 5.20. The van der Waals surface area contributed by atoms with E-state index >= 15 is 0 Å². The minimum atomic E-state index is -3.53. The predicted molar refractivity (Wildman–Crippen MR) is 75.8 cm³/mol. The summed E-state index contributed by atoms with van der Waals surface area (Å²) in [5.74, 6) is 0.391. The second-order valence-electron chi connectivity index (χ2n) is 4.92. The average Bonchev–Trinajstić information content (AvgIpc) is 3.05. The van der Waals surface area contributed by atoms with Crippen LogP contribution < -0.4 is 10.5 Å². The van der Waals surface area contributed by atoms with Gasteiger partial charge >= 0.3 is 0 Å². The minimum absolute atomic E-state index is 0. The third kappa shape index (κ3) is 3.28. The Labute approximate surface area is 120 Å². The lowest BCUT2D eigenvalue weighted by molar-refractivity contribution is 0.518. The second kappa shape index (κ2) is 5.78. The lowest BCUT2D eigenvalue weighted by atomic mass is 10.2. The van der Waals surface area contributed by atoms with Crippen LogP contribution in [0.2, 0.25) is 0 Å². The normalized spacial score (nSPS) is 17.1. The number of hydrogen-bond donors (Lipinski definition) is 2. The summed E-state index contributed by atoms with van der Waals surface area (Å²) in [6, 6.07) is -0.158. The second-order valence-corrected chi connectivity index (χ2v) is 6.58. The molecule has 19 heavy (non-hydrogen) atoms. The van der Waals surface area contributed by atoms with Gasteiger partial charge in [0.25, 0.3) is 0 Å². The quantitative estimate of drug-likeness (QED) is 0.827. The van der Waals surface area contributed by atoms with Gasteiger partial charge in [-0.3, -0.25) is 4.68 Å². The maximum Gasteiger partial charge on any atom is 0.244 e. The van der Waals surface area contributed by atoms with Crippen LogP contribution in [-0.2, 0) is 17.1 Å².